The van der Waals surface area contributed by atoms with Crippen molar-refractivity contribution in [2.45, 2.75) is 18.9 Å². The number of rotatable bonds is 3. The molecular formula is C12H14FN3O4. The number of ether oxygens (including phenoxy) is 1. The molecule has 1 aromatic carbocycles. The highest BCUT2D eigenvalue weighted by Gasteiger charge is 2.27. The van der Waals surface area contributed by atoms with E-state index in [9.17, 15) is 19.3 Å². The first kappa shape index (κ1) is 14.0. The maximum Gasteiger partial charge on any atom is 0.404 e. The molecule has 7 nitrogen and oxygen atoms in total. The highest BCUT2D eigenvalue weighted by Crippen LogP contribution is 2.31. The Morgan fingerprint density at radius 2 is 2.30 bits per heavy atom. The number of hydrogen-bond donors (Lipinski definition) is 1. The van der Waals surface area contributed by atoms with Crippen LogP contribution < -0.4 is 10.6 Å². The van der Waals surface area contributed by atoms with Crippen LogP contribution >= 0.6 is 0 Å². The minimum absolute atomic E-state index is 0.301. The van der Waals surface area contributed by atoms with E-state index in [1.165, 1.54) is 12.1 Å². The van der Waals surface area contributed by atoms with Crippen LogP contribution in [0.25, 0.3) is 0 Å². The lowest BCUT2D eigenvalue weighted by Gasteiger charge is -2.33. The number of nitrogens with two attached hydrogens (primary N) is 1. The van der Waals surface area contributed by atoms with Gasteiger partial charge in [0.1, 0.15) is 17.6 Å². The van der Waals surface area contributed by atoms with E-state index in [1.807, 2.05) is 0 Å². The van der Waals surface area contributed by atoms with Crippen molar-refractivity contribution in [2.75, 3.05) is 18.0 Å². The van der Waals surface area contributed by atoms with Crippen molar-refractivity contribution in [3.63, 3.8) is 0 Å². The molecule has 1 aromatic rings. The molecule has 1 atom stereocenters. The van der Waals surface area contributed by atoms with Crippen molar-refractivity contribution in [1.82, 2.24) is 0 Å². The Kier molecular flexibility index (Phi) is 4.02. The Labute approximate surface area is 114 Å². The van der Waals surface area contributed by atoms with E-state index in [-0.39, 0.29) is 5.69 Å². The smallest absolute Gasteiger partial charge is 0.404 e. The predicted octanol–water partition coefficient (Wildman–Crippen LogP) is 1.80. The first-order chi connectivity index (χ1) is 9.47. The highest BCUT2D eigenvalue weighted by atomic mass is 19.1. The average molecular weight is 283 g/mol. The molecule has 1 amide bonds. The Bertz CT molecular complexity index is 537. The van der Waals surface area contributed by atoms with Crippen molar-refractivity contribution in [1.29, 1.82) is 0 Å². The second-order valence-corrected chi connectivity index (χ2v) is 4.54. The standard InChI is InChI=1S/C12H14FN3O4/c13-8-3-4-10(11(6-8)16(18)19)15-5-1-2-9(7-15)20-12(14)17/h3-4,6,9H,1-2,5,7H2,(H2,14,17). The largest absolute Gasteiger partial charge is 0.445 e. The zero-order valence-electron chi connectivity index (χ0n) is 10.6. The molecule has 1 unspecified atom stereocenters. The van der Waals surface area contributed by atoms with Gasteiger partial charge in [-0.2, -0.15) is 0 Å². The Morgan fingerprint density at radius 1 is 1.55 bits per heavy atom. The Morgan fingerprint density at radius 3 is 2.95 bits per heavy atom. The van der Waals surface area contributed by atoms with Gasteiger partial charge in [-0.05, 0) is 25.0 Å². The molecule has 0 radical (unpaired) electrons. The predicted molar refractivity (Wildman–Crippen MR) is 69.0 cm³/mol. The SMILES string of the molecule is NC(=O)OC1CCCN(c2ccc(F)cc2[N+](=O)[O-])C1. The minimum Gasteiger partial charge on any atom is -0.445 e. The molecule has 1 saturated heterocycles. The van der Waals surface area contributed by atoms with Crippen LogP contribution in [0.2, 0.25) is 0 Å². The number of carbonyl (C=O) groups excluding carboxylic acids is 1. The van der Waals surface area contributed by atoms with E-state index < -0.39 is 22.9 Å². The summed E-state index contributed by atoms with van der Waals surface area (Å²) in [6, 6.07) is 3.41. The summed E-state index contributed by atoms with van der Waals surface area (Å²) in [7, 11) is 0. The van der Waals surface area contributed by atoms with E-state index in [1.54, 1.807) is 4.90 Å². The molecule has 1 aliphatic heterocycles. The number of piperidine rings is 1. The quantitative estimate of drug-likeness (QED) is 0.673. The lowest BCUT2D eigenvalue weighted by molar-refractivity contribution is -0.384. The van der Waals surface area contributed by atoms with Crippen LogP contribution in [0.15, 0.2) is 18.2 Å². The summed E-state index contributed by atoms with van der Waals surface area (Å²) in [6.45, 7) is 0.876. The summed E-state index contributed by atoms with van der Waals surface area (Å²) >= 11 is 0. The van der Waals surface area contributed by atoms with Gasteiger partial charge >= 0.3 is 6.09 Å². The summed E-state index contributed by atoms with van der Waals surface area (Å²) in [4.78, 5) is 22.8. The Hall–Kier alpha value is -2.38. The number of nitro benzene ring substituents is 1. The molecule has 0 aromatic heterocycles. The van der Waals surface area contributed by atoms with Crippen LogP contribution in [-0.4, -0.2) is 30.2 Å². The third-order valence-electron chi connectivity index (χ3n) is 3.14. The van der Waals surface area contributed by atoms with E-state index >= 15 is 0 Å². The van der Waals surface area contributed by atoms with Crippen LogP contribution in [0, 0.1) is 15.9 Å². The van der Waals surface area contributed by atoms with Gasteiger partial charge < -0.3 is 15.4 Å². The number of nitrogens with zero attached hydrogens (tertiary/aromatic N) is 2. The van der Waals surface area contributed by atoms with Crippen molar-refractivity contribution in [3.8, 4) is 0 Å². The van der Waals surface area contributed by atoms with Crippen LogP contribution in [0.4, 0.5) is 20.6 Å². The van der Waals surface area contributed by atoms with Crippen molar-refractivity contribution >= 4 is 17.5 Å². The fourth-order valence-corrected chi connectivity index (χ4v) is 2.33. The molecule has 2 rings (SSSR count). The normalized spacial score (nSPS) is 18.6. The molecule has 1 fully saturated rings. The summed E-state index contributed by atoms with van der Waals surface area (Å²) in [5.74, 6) is -0.664. The van der Waals surface area contributed by atoms with Crippen molar-refractivity contribution in [3.05, 3.63) is 34.1 Å². The van der Waals surface area contributed by atoms with Crippen molar-refractivity contribution < 1.29 is 18.8 Å². The summed E-state index contributed by atoms with van der Waals surface area (Å²) in [6.07, 6.45) is 0.0670. The number of anilines is 1. The minimum atomic E-state index is -0.870. The molecule has 108 valence electrons. The number of amides is 1. The monoisotopic (exact) mass is 283 g/mol. The van der Waals surface area contributed by atoms with Crippen LogP contribution in [0.1, 0.15) is 12.8 Å². The summed E-state index contributed by atoms with van der Waals surface area (Å²) in [5, 5.41) is 11.0. The first-order valence-electron chi connectivity index (χ1n) is 6.12. The van der Waals surface area contributed by atoms with Gasteiger partial charge in [-0.3, -0.25) is 10.1 Å². The van der Waals surface area contributed by atoms with Crippen LogP contribution in [0.3, 0.4) is 0 Å². The molecule has 2 N–H and O–H groups in total. The number of benzene rings is 1. The fraction of sp³-hybridized carbons (Fsp3) is 0.417. The average Bonchev–Trinajstić information content (AvgIpc) is 2.38. The second-order valence-electron chi connectivity index (χ2n) is 4.54. The topological polar surface area (TPSA) is 98.7 Å². The lowest BCUT2D eigenvalue weighted by atomic mass is 10.1. The maximum atomic E-state index is 13.1. The number of hydrogen-bond acceptors (Lipinski definition) is 5. The maximum absolute atomic E-state index is 13.1. The van der Waals surface area contributed by atoms with Gasteiger partial charge in [0.15, 0.2) is 0 Å². The van der Waals surface area contributed by atoms with E-state index in [4.69, 9.17) is 10.5 Å². The second kappa shape index (κ2) is 5.72. The zero-order valence-corrected chi connectivity index (χ0v) is 10.6. The molecule has 1 aliphatic rings. The first-order valence-corrected chi connectivity index (χ1v) is 6.12. The fourth-order valence-electron chi connectivity index (χ4n) is 2.33. The molecule has 0 aliphatic carbocycles. The van der Waals surface area contributed by atoms with Gasteiger partial charge in [0.05, 0.1) is 17.5 Å². The number of carbonyl (C=O) groups is 1. The Balaban J connectivity index is 2.22. The van der Waals surface area contributed by atoms with Gasteiger partial charge in [0.25, 0.3) is 5.69 Å². The third-order valence-corrected chi connectivity index (χ3v) is 3.14. The van der Waals surface area contributed by atoms with E-state index in [0.717, 1.165) is 6.07 Å². The number of halogens is 1. The summed E-state index contributed by atoms with van der Waals surface area (Å²) < 4.78 is 18.0. The molecule has 0 spiro atoms. The van der Waals surface area contributed by atoms with Gasteiger partial charge in [0.2, 0.25) is 0 Å². The van der Waals surface area contributed by atoms with Gasteiger partial charge in [-0.15, -0.1) is 0 Å². The molecule has 8 heteroatoms. The van der Waals surface area contributed by atoms with Gasteiger partial charge in [-0.1, -0.05) is 0 Å². The van der Waals surface area contributed by atoms with Crippen molar-refractivity contribution in [2.24, 2.45) is 5.73 Å². The molecule has 1 heterocycles. The van der Waals surface area contributed by atoms with Gasteiger partial charge in [-0.25, -0.2) is 9.18 Å². The van der Waals surface area contributed by atoms with E-state index in [2.05, 4.69) is 0 Å². The summed E-state index contributed by atoms with van der Waals surface area (Å²) in [5.41, 5.74) is 4.98. The zero-order chi connectivity index (χ0) is 14.7. The van der Waals surface area contributed by atoms with Crippen LogP contribution in [-0.2, 0) is 4.74 Å². The molecule has 20 heavy (non-hydrogen) atoms. The molecule has 0 saturated carbocycles. The highest BCUT2D eigenvalue weighted by molar-refractivity contribution is 5.66. The van der Waals surface area contributed by atoms with Gasteiger partial charge in [0, 0.05) is 6.54 Å². The molecule has 0 bridgehead atoms. The van der Waals surface area contributed by atoms with E-state index in [0.29, 0.717) is 31.6 Å². The number of primary amides is 1. The molecular weight excluding hydrogens is 269 g/mol. The third kappa shape index (κ3) is 3.14. The lowest BCUT2D eigenvalue weighted by Crippen LogP contribution is -2.41. The number of nitro groups is 1. The van der Waals surface area contributed by atoms with Crippen LogP contribution in [0.5, 0.6) is 0 Å².